The molecule has 1 N–H and O–H groups in total. The third kappa shape index (κ3) is 2.85. The molecule has 0 atom stereocenters. The van der Waals surface area contributed by atoms with Crippen LogP contribution in [0, 0.1) is 13.8 Å². The van der Waals surface area contributed by atoms with Gasteiger partial charge in [0.2, 0.25) is 0 Å². The average molecular weight is 270 g/mol. The molecule has 2 rings (SSSR count). The highest BCUT2D eigenvalue weighted by Gasteiger charge is 2.18. The molecule has 0 saturated carbocycles. The summed E-state index contributed by atoms with van der Waals surface area (Å²) in [6, 6.07) is 6.68. The van der Waals surface area contributed by atoms with Gasteiger partial charge in [-0.1, -0.05) is 39.8 Å². The Kier molecular flexibility index (Phi) is 4.14. The molecule has 0 spiro atoms. The molecule has 2 heteroatoms. The summed E-state index contributed by atoms with van der Waals surface area (Å²) in [4.78, 5) is 4.95. The Labute approximate surface area is 122 Å². The lowest BCUT2D eigenvalue weighted by Gasteiger charge is -2.21. The van der Waals surface area contributed by atoms with Crippen LogP contribution in [0.3, 0.4) is 0 Å². The summed E-state index contributed by atoms with van der Waals surface area (Å²) in [5, 5.41) is 4.72. The van der Waals surface area contributed by atoms with Crippen molar-refractivity contribution in [1.82, 2.24) is 10.3 Å². The van der Waals surface area contributed by atoms with E-state index in [4.69, 9.17) is 4.98 Å². The van der Waals surface area contributed by atoms with Crippen molar-refractivity contribution in [1.29, 1.82) is 0 Å². The third-order valence-corrected chi connectivity index (χ3v) is 3.92. The van der Waals surface area contributed by atoms with Gasteiger partial charge >= 0.3 is 0 Å². The van der Waals surface area contributed by atoms with Crippen LogP contribution in [0.5, 0.6) is 0 Å². The molecule has 2 aromatic rings. The van der Waals surface area contributed by atoms with Gasteiger partial charge < -0.3 is 5.32 Å². The fraction of sp³-hybridized carbons (Fsp3) is 0.500. The van der Waals surface area contributed by atoms with Gasteiger partial charge in [-0.2, -0.15) is 0 Å². The Bertz CT molecular complexity index is 621. The molecule has 2 nitrogen and oxygen atoms in total. The molecule has 0 aliphatic rings. The minimum atomic E-state index is 0.0747. The lowest BCUT2D eigenvalue weighted by atomic mass is 9.89. The van der Waals surface area contributed by atoms with Crippen LogP contribution in [-0.2, 0) is 12.0 Å². The lowest BCUT2D eigenvalue weighted by molar-refractivity contribution is 0.569. The van der Waals surface area contributed by atoms with Crippen LogP contribution in [-0.4, -0.2) is 11.5 Å². The molecule has 0 aliphatic carbocycles. The van der Waals surface area contributed by atoms with E-state index in [9.17, 15) is 0 Å². The maximum absolute atomic E-state index is 4.95. The molecule has 0 saturated heterocycles. The molecular formula is C18H26N2. The number of nitrogens with zero attached hydrogens (tertiary/aromatic N) is 1. The van der Waals surface area contributed by atoms with Gasteiger partial charge in [0.05, 0.1) is 5.52 Å². The first-order valence-electron chi connectivity index (χ1n) is 7.45. The van der Waals surface area contributed by atoms with Gasteiger partial charge in [-0.25, -0.2) is 0 Å². The standard InChI is InChI=1S/C18H26N2/c1-7-19-11-14-10-16(18(4,5)6)20-17-13(3)12(2)8-9-15(14)17/h8-10,19H,7,11H2,1-6H3. The molecule has 0 radical (unpaired) electrons. The van der Waals surface area contributed by atoms with Crippen molar-refractivity contribution in [3.8, 4) is 0 Å². The molecule has 108 valence electrons. The van der Waals surface area contributed by atoms with Gasteiger partial charge in [0, 0.05) is 23.0 Å². The smallest absolute Gasteiger partial charge is 0.0740 e. The van der Waals surface area contributed by atoms with Gasteiger partial charge in [-0.15, -0.1) is 0 Å². The zero-order chi connectivity index (χ0) is 14.9. The van der Waals surface area contributed by atoms with Crippen molar-refractivity contribution < 1.29 is 0 Å². The number of hydrogen-bond donors (Lipinski definition) is 1. The summed E-state index contributed by atoms with van der Waals surface area (Å²) in [5.41, 5.74) is 6.37. The first-order valence-corrected chi connectivity index (χ1v) is 7.45. The molecule has 0 fully saturated rings. The van der Waals surface area contributed by atoms with Gasteiger partial charge in [-0.05, 0) is 43.1 Å². The fourth-order valence-electron chi connectivity index (χ4n) is 2.39. The normalized spacial score (nSPS) is 12.1. The molecule has 1 aromatic heterocycles. The van der Waals surface area contributed by atoms with Crippen molar-refractivity contribution in [3.63, 3.8) is 0 Å². The number of benzene rings is 1. The molecule has 0 unspecified atom stereocenters. The highest BCUT2D eigenvalue weighted by molar-refractivity contribution is 5.86. The summed E-state index contributed by atoms with van der Waals surface area (Å²) >= 11 is 0. The number of fused-ring (bicyclic) bond motifs is 1. The van der Waals surface area contributed by atoms with E-state index in [1.165, 1.54) is 27.8 Å². The van der Waals surface area contributed by atoms with E-state index in [0.717, 1.165) is 18.6 Å². The summed E-state index contributed by atoms with van der Waals surface area (Å²) in [6.07, 6.45) is 0. The maximum atomic E-state index is 4.95. The second-order valence-corrected chi connectivity index (χ2v) is 6.60. The molecule has 1 aromatic carbocycles. The van der Waals surface area contributed by atoms with E-state index in [0.29, 0.717) is 0 Å². The average Bonchev–Trinajstić information content (AvgIpc) is 2.39. The number of aromatic nitrogens is 1. The number of pyridine rings is 1. The van der Waals surface area contributed by atoms with E-state index in [1.54, 1.807) is 0 Å². The van der Waals surface area contributed by atoms with E-state index in [2.05, 4.69) is 65.1 Å². The summed E-state index contributed by atoms with van der Waals surface area (Å²) in [6.45, 7) is 15.0. The van der Waals surface area contributed by atoms with Crippen molar-refractivity contribution in [2.24, 2.45) is 0 Å². The van der Waals surface area contributed by atoms with Gasteiger partial charge in [-0.3, -0.25) is 4.98 Å². The molecule has 0 aliphatic heterocycles. The van der Waals surface area contributed by atoms with Crippen molar-refractivity contribution >= 4 is 10.9 Å². The van der Waals surface area contributed by atoms with Crippen molar-refractivity contribution in [2.75, 3.05) is 6.54 Å². The second kappa shape index (κ2) is 5.53. The predicted octanol–water partition coefficient (Wildman–Crippen LogP) is 4.26. The molecule has 1 heterocycles. The minimum absolute atomic E-state index is 0.0747. The van der Waals surface area contributed by atoms with Crippen LogP contribution in [0.2, 0.25) is 0 Å². The Balaban J connectivity index is 2.71. The SMILES string of the molecule is CCNCc1cc(C(C)(C)C)nc2c(C)c(C)ccc12. The van der Waals surface area contributed by atoms with Crippen LogP contribution < -0.4 is 5.32 Å². The summed E-state index contributed by atoms with van der Waals surface area (Å²) in [5.74, 6) is 0. The van der Waals surface area contributed by atoms with Crippen molar-refractivity contribution in [3.05, 3.63) is 40.6 Å². The summed E-state index contributed by atoms with van der Waals surface area (Å²) < 4.78 is 0. The highest BCUT2D eigenvalue weighted by Crippen LogP contribution is 2.28. The largest absolute Gasteiger partial charge is 0.313 e. The topological polar surface area (TPSA) is 24.9 Å². The zero-order valence-corrected chi connectivity index (χ0v) is 13.6. The molecular weight excluding hydrogens is 244 g/mol. The Morgan fingerprint density at radius 2 is 1.85 bits per heavy atom. The second-order valence-electron chi connectivity index (χ2n) is 6.60. The number of nitrogens with one attached hydrogen (secondary N) is 1. The van der Waals surface area contributed by atoms with Crippen LogP contribution in [0.25, 0.3) is 10.9 Å². The number of hydrogen-bond acceptors (Lipinski definition) is 2. The zero-order valence-electron chi connectivity index (χ0n) is 13.6. The Hall–Kier alpha value is -1.41. The fourth-order valence-corrected chi connectivity index (χ4v) is 2.39. The van der Waals surface area contributed by atoms with Crippen molar-refractivity contribution in [2.45, 2.75) is 53.5 Å². The van der Waals surface area contributed by atoms with Gasteiger partial charge in [0.1, 0.15) is 0 Å². The molecule has 0 amide bonds. The summed E-state index contributed by atoms with van der Waals surface area (Å²) in [7, 11) is 0. The van der Waals surface area contributed by atoms with Gasteiger partial charge in [0.25, 0.3) is 0 Å². The third-order valence-electron chi connectivity index (χ3n) is 3.92. The van der Waals surface area contributed by atoms with Gasteiger partial charge in [0.15, 0.2) is 0 Å². The van der Waals surface area contributed by atoms with E-state index >= 15 is 0 Å². The highest BCUT2D eigenvalue weighted by atomic mass is 14.8. The van der Waals surface area contributed by atoms with Crippen LogP contribution >= 0.6 is 0 Å². The first kappa shape index (κ1) is 15.0. The van der Waals surface area contributed by atoms with E-state index in [1.807, 2.05) is 0 Å². The lowest BCUT2D eigenvalue weighted by Crippen LogP contribution is -2.17. The van der Waals surface area contributed by atoms with E-state index in [-0.39, 0.29) is 5.41 Å². The van der Waals surface area contributed by atoms with Crippen LogP contribution in [0.1, 0.15) is 50.1 Å². The minimum Gasteiger partial charge on any atom is -0.313 e. The molecule has 20 heavy (non-hydrogen) atoms. The Morgan fingerprint density at radius 1 is 1.15 bits per heavy atom. The number of rotatable bonds is 3. The molecule has 0 bridgehead atoms. The van der Waals surface area contributed by atoms with Crippen LogP contribution in [0.15, 0.2) is 18.2 Å². The predicted molar refractivity (Wildman–Crippen MR) is 87.3 cm³/mol. The van der Waals surface area contributed by atoms with E-state index < -0.39 is 0 Å². The Morgan fingerprint density at radius 3 is 2.45 bits per heavy atom. The monoisotopic (exact) mass is 270 g/mol. The maximum Gasteiger partial charge on any atom is 0.0740 e. The van der Waals surface area contributed by atoms with Crippen LogP contribution in [0.4, 0.5) is 0 Å². The number of aryl methyl sites for hydroxylation is 2. The quantitative estimate of drug-likeness (QED) is 0.901. The first-order chi connectivity index (χ1) is 9.34.